The molecule has 1 aliphatic rings. The topological polar surface area (TPSA) is 28.9 Å². The highest BCUT2D eigenvalue weighted by atomic mass is 32.1. The molecule has 1 aliphatic heterocycles. The van der Waals surface area contributed by atoms with Gasteiger partial charge in [0.2, 0.25) is 0 Å². The van der Waals surface area contributed by atoms with E-state index in [1.807, 2.05) is 0 Å². The fourth-order valence-electron chi connectivity index (χ4n) is 1.62. The summed E-state index contributed by atoms with van der Waals surface area (Å²) in [7, 11) is 3.95. The smallest absolute Gasteiger partial charge is 0.169 e. The average molecular weight is 232 g/mol. The Labute approximate surface area is 97.6 Å². The highest BCUT2D eigenvalue weighted by Gasteiger charge is 2.18. The van der Waals surface area contributed by atoms with Crippen LogP contribution in [-0.2, 0) is 4.74 Å². The minimum Gasteiger partial charge on any atom is -0.385 e. The Hall–Kier alpha value is -0.390. The van der Waals surface area contributed by atoms with Crippen molar-refractivity contribution in [2.45, 2.75) is 6.42 Å². The molecule has 0 saturated carbocycles. The Balaban J connectivity index is 2.11. The molecule has 0 spiro atoms. The van der Waals surface area contributed by atoms with E-state index in [2.05, 4.69) is 17.3 Å². The first-order valence-electron chi connectivity index (χ1n) is 5.57. The monoisotopic (exact) mass is 232 g/mol. The lowest BCUT2D eigenvalue weighted by Gasteiger charge is -2.32. The van der Waals surface area contributed by atoms with Crippen LogP contribution in [0.15, 0.2) is 0 Å². The molecule has 1 heterocycles. The van der Waals surface area contributed by atoms with Crippen molar-refractivity contribution in [3.05, 3.63) is 0 Å². The predicted molar refractivity (Wildman–Crippen MR) is 65.3 cm³/mol. The van der Waals surface area contributed by atoms with Gasteiger partial charge in [-0.25, -0.2) is 0 Å². The lowest BCUT2D eigenvalue weighted by Crippen LogP contribution is -3.12. The molecule has 1 rings (SSSR count). The first-order valence-corrected chi connectivity index (χ1v) is 5.98. The Bertz CT molecular complexity index is 193. The summed E-state index contributed by atoms with van der Waals surface area (Å²) in [5, 5.41) is 4.17. The Morgan fingerprint density at radius 2 is 2.13 bits per heavy atom. The zero-order chi connectivity index (χ0) is 11.1. The highest BCUT2D eigenvalue weighted by molar-refractivity contribution is 7.80. The van der Waals surface area contributed by atoms with E-state index >= 15 is 0 Å². The van der Waals surface area contributed by atoms with Gasteiger partial charge in [0.25, 0.3) is 0 Å². The van der Waals surface area contributed by atoms with E-state index in [9.17, 15) is 0 Å². The lowest BCUT2D eigenvalue weighted by molar-refractivity contribution is -0.883. The summed E-state index contributed by atoms with van der Waals surface area (Å²) in [6.45, 7) is 6.21. The van der Waals surface area contributed by atoms with Gasteiger partial charge in [-0.3, -0.25) is 0 Å². The summed E-state index contributed by atoms with van der Waals surface area (Å²) in [6, 6.07) is 0. The molecule has 1 saturated heterocycles. The SMILES string of the molecule is COCCCNC(=S)N1CC[NH+](C)CC1. The van der Waals surface area contributed by atoms with Crippen LogP contribution >= 0.6 is 12.2 Å². The number of ether oxygens (including phenoxy) is 1. The molecule has 0 radical (unpaired) electrons. The second kappa shape index (κ2) is 6.98. The number of nitrogens with zero attached hydrogens (tertiary/aromatic N) is 1. The number of nitrogens with one attached hydrogen (secondary N) is 2. The van der Waals surface area contributed by atoms with Crippen molar-refractivity contribution in [3.63, 3.8) is 0 Å². The standard InChI is InChI=1S/C10H21N3OS/c1-12-5-7-13(8-6-12)10(15)11-4-3-9-14-2/h3-9H2,1-2H3,(H,11,15)/p+1. The number of hydrogen-bond acceptors (Lipinski definition) is 2. The summed E-state index contributed by atoms with van der Waals surface area (Å²) in [6.07, 6.45) is 1.01. The molecule has 1 fully saturated rings. The number of methoxy groups -OCH3 is 1. The van der Waals surface area contributed by atoms with E-state index in [4.69, 9.17) is 17.0 Å². The summed E-state index contributed by atoms with van der Waals surface area (Å²) >= 11 is 5.33. The molecule has 0 unspecified atom stereocenters. The number of quaternary nitrogens is 1. The van der Waals surface area contributed by atoms with Crippen molar-refractivity contribution in [2.24, 2.45) is 0 Å². The zero-order valence-electron chi connectivity index (χ0n) is 9.71. The van der Waals surface area contributed by atoms with Crippen LogP contribution in [0.4, 0.5) is 0 Å². The van der Waals surface area contributed by atoms with Gasteiger partial charge in [-0.2, -0.15) is 0 Å². The van der Waals surface area contributed by atoms with Crippen molar-refractivity contribution in [1.29, 1.82) is 0 Å². The maximum absolute atomic E-state index is 5.33. The van der Waals surface area contributed by atoms with Crippen LogP contribution in [-0.4, -0.2) is 63.5 Å². The second-order valence-corrected chi connectivity index (χ2v) is 4.41. The van der Waals surface area contributed by atoms with E-state index in [1.165, 1.54) is 13.1 Å². The van der Waals surface area contributed by atoms with E-state index in [0.717, 1.165) is 37.8 Å². The molecule has 4 nitrogen and oxygen atoms in total. The average Bonchev–Trinajstić information content (AvgIpc) is 2.25. The fourth-order valence-corrected chi connectivity index (χ4v) is 1.90. The Morgan fingerprint density at radius 3 is 2.73 bits per heavy atom. The zero-order valence-corrected chi connectivity index (χ0v) is 10.5. The quantitative estimate of drug-likeness (QED) is 0.467. The van der Waals surface area contributed by atoms with E-state index in [-0.39, 0.29) is 0 Å². The normalized spacial score (nSPS) is 17.9. The van der Waals surface area contributed by atoms with Crippen LogP contribution in [0.2, 0.25) is 0 Å². The fraction of sp³-hybridized carbons (Fsp3) is 0.900. The predicted octanol–water partition coefficient (Wildman–Crippen LogP) is -1.27. The van der Waals surface area contributed by atoms with Crippen molar-refractivity contribution in [3.8, 4) is 0 Å². The molecular formula is C10H22N3OS+. The molecule has 0 amide bonds. The molecule has 0 atom stereocenters. The van der Waals surface area contributed by atoms with Gasteiger partial charge in [0.15, 0.2) is 5.11 Å². The number of thiocarbonyl (C=S) groups is 1. The summed E-state index contributed by atoms with van der Waals surface area (Å²) in [4.78, 5) is 3.85. The van der Waals surface area contributed by atoms with Gasteiger partial charge in [0.05, 0.1) is 33.2 Å². The van der Waals surface area contributed by atoms with Crippen LogP contribution in [0.1, 0.15) is 6.42 Å². The van der Waals surface area contributed by atoms with Crippen LogP contribution in [0, 0.1) is 0 Å². The van der Waals surface area contributed by atoms with E-state index in [0.29, 0.717) is 0 Å². The molecule has 88 valence electrons. The Morgan fingerprint density at radius 1 is 1.47 bits per heavy atom. The Kier molecular flexibility index (Phi) is 5.90. The van der Waals surface area contributed by atoms with Gasteiger partial charge < -0.3 is 19.9 Å². The first-order chi connectivity index (χ1) is 7.24. The van der Waals surface area contributed by atoms with E-state index < -0.39 is 0 Å². The molecule has 0 aromatic rings. The van der Waals surface area contributed by atoms with Crippen molar-refractivity contribution < 1.29 is 9.64 Å². The molecule has 2 N–H and O–H groups in total. The minimum absolute atomic E-state index is 0.794. The third-order valence-electron chi connectivity index (χ3n) is 2.71. The molecule has 0 aromatic heterocycles. The highest BCUT2D eigenvalue weighted by Crippen LogP contribution is 1.91. The third kappa shape index (κ3) is 4.77. The molecule has 5 heteroatoms. The van der Waals surface area contributed by atoms with Crippen LogP contribution < -0.4 is 10.2 Å². The lowest BCUT2D eigenvalue weighted by atomic mass is 10.3. The molecule has 0 bridgehead atoms. The maximum atomic E-state index is 5.33. The van der Waals surface area contributed by atoms with Gasteiger partial charge in [-0.05, 0) is 18.6 Å². The van der Waals surface area contributed by atoms with Gasteiger partial charge in [0.1, 0.15) is 0 Å². The number of likely N-dealkylation sites (N-methyl/N-ethyl adjacent to an activating group) is 1. The van der Waals surface area contributed by atoms with Crippen LogP contribution in [0.25, 0.3) is 0 Å². The van der Waals surface area contributed by atoms with Gasteiger partial charge >= 0.3 is 0 Å². The summed E-state index contributed by atoms with van der Waals surface area (Å²) in [5.74, 6) is 0. The second-order valence-electron chi connectivity index (χ2n) is 4.02. The molecule has 0 aromatic carbocycles. The maximum Gasteiger partial charge on any atom is 0.169 e. The number of piperazine rings is 1. The molecule has 15 heavy (non-hydrogen) atoms. The number of rotatable bonds is 4. The van der Waals surface area contributed by atoms with Crippen LogP contribution in [0.3, 0.4) is 0 Å². The van der Waals surface area contributed by atoms with Crippen LogP contribution in [0.5, 0.6) is 0 Å². The van der Waals surface area contributed by atoms with Gasteiger partial charge in [0, 0.05) is 20.3 Å². The molecular weight excluding hydrogens is 210 g/mol. The number of hydrogen-bond donors (Lipinski definition) is 2. The van der Waals surface area contributed by atoms with E-state index in [1.54, 1.807) is 12.0 Å². The van der Waals surface area contributed by atoms with Crippen molar-refractivity contribution >= 4 is 17.3 Å². The van der Waals surface area contributed by atoms with Crippen molar-refractivity contribution in [1.82, 2.24) is 10.2 Å². The largest absolute Gasteiger partial charge is 0.385 e. The van der Waals surface area contributed by atoms with Gasteiger partial charge in [-0.1, -0.05) is 0 Å². The molecule has 0 aliphatic carbocycles. The summed E-state index contributed by atoms with van der Waals surface area (Å²) < 4.78 is 4.98. The minimum atomic E-state index is 0.794. The van der Waals surface area contributed by atoms with Crippen molar-refractivity contribution in [2.75, 3.05) is 53.5 Å². The summed E-state index contributed by atoms with van der Waals surface area (Å²) in [5.41, 5.74) is 0. The first kappa shape index (κ1) is 12.7. The third-order valence-corrected chi connectivity index (χ3v) is 3.11. The van der Waals surface area contributed by atoms with Gasteiger partial charge in [-0.15, -0.1) is 0 Å².